The van der Waals surface area contributed by atoms with Crippen molar-refractivity contribution in [3.8, 4) is 0 Å². The molecular formula is C9H14O6. The molecule has 2 fully saturated rings. The first-order chi connectivity index (χ1) is 6.91. The minimum atomic E-state index is -1.18. The fourth-order valence-corrected chi connectivity index (χ4v) is 1.79. The largest absolute Gasteiger partial charge is 0.461 e. The van der Waals surface area contributed by atoms with Crippen LogP contribution in [0.25, 0.3) is 0 Å². The van der Waals surface area contributed by atoms with Crippen molar-refractivity contribution in [2.24, 2.45) is 0 Å². The number of ether oxygens (including phenoxy) is 3. The summed E-state index contributed by atoms with van der Waals surface area (Å²) in [6, 6.07) is 0. The number of carbonyl (C=O) groups excluding carboxylic acids is 1. The van der Waals surface area contributed by atoms with E-state index in [0.717, 1.165) is 0 Å². The Morgan fingerprint density at radius 3 is 2.67 bits per heavy atom. The maximum absolute atomic E-state index is 11.4. The first-order valence-electron chi connectivity index (χ1n) is 4.79. The monoisotopic (exact) mass is 218 g/mol. The van der Waals surface area contributed by atoms with Crippen LogP contribution in [0.3, 0.4) is 0 Å². The summed E-state index contributed by atoms with van der Waals surface area (Å²) in [5.41, 5.74) is 0. The number of rotatable bonds is 0. The molecule has 0 aromatic heterocycles. The Morgan fingerprint density at radius 1 is 1.33 bits per heavy atom. The summed E-state index contributed by atoms with van der Waals surface area (Å²) in [6.07, 6.45) is -4.15. The highest BCUT2D eigenvalue weighted by Gasteiger charge is 2.52. The van der Waals surface area contributed by atoms with Crippen LogP contribution in [0.5, 0.6) is 0 Å². The molecule has 86 valence electrons. The van der Waals surface area contributed by atoms with E-state index in [-0.39, 0.29) is 6.61 Å². The Morgan fingerprint density at radius 2 is 2.00 bits per heavy atom. The van der Waals surface area contributed by atoms with Crippen LogP contribution in [0, 0.1) is 0 Å². The lowest BCUT2D eigenvalue weighted by Crippen LogP contribution is -2.43. The first-order valence-corrected chi connectivity index (χ1v) is 4.79. The Balaban J connectivity index is 2.24. The quantitative estimate of drug-likeness (QED) is 0.496. The highest BCUT2D eigenvalue weighted by atomic mass is 16.8. The number of hydrogen-bond donors (Lipinski definition) is 2. The fraction of sp³-hybridized carbons (Fsp3) is 0.889. The summed E-state index contributed by atoms with van der Waals surface area (Å²) in [5, 5.41) is 19.1. The number of carbonyl (C=O) groups is 1. The van der Waals surface area contributed by atoms with Gasteiger partial charge >= 0.3 is 5.97 Å². The van der Waals surface area contributed by atoms with E-state index in [1.54, 1.807) is 13.8 Å². The van der Waals surface area contributed by atoms with Crippen molar-refractivity contribution in [3.63, 3.8) is 0 Å². The van der Waals surface area contributed by atoms with Gasteiger partial charge in [-0.2, -0.15) is 0 Å². The highest BCUT2D eigenvalue weighted by Crippen LogP contribution is 2.32. The Hall–Kier alpha value is -0.690. The standard InChI is InChI=1S/C9H14O6/c1-9(2)14-6-5(11)4(10)3-13-8(12)7(6)15-9/h4-7,10-11H,3H2,1-2H3/t4-,5+,6-,7-/m1/s1. The molecule has 6 heteroatoms. The number of hydrogen-bond acceptors (Lipinski definition) is 6. The van der Waals surface area contributed by atoms with Crippen LogP contribution in [0.1, 0.15) is 13.8 Å². The molecule has 0 saturated carbocycles. The third kappa shape index (κ3) is 1.85. The van der Waals surface area contributed by atoms with Crippen molar-refractivity contribution in [2.75, 3.05) is 6.61 Å². The third-order valence-electron chi connectivity index (χ3n) is 2.49. The van der Waals surface area contributed by atoms with Crippen molar-refractivity contribution < 1.29 is 29.2 Å². The van der Waals surface area contributed by atoms with E-state index in [1.807, 2.05) is 0 Å². The zero-order valence-corrected chi connectivity index (χ0v) is 8.54. The molecule has 0 aromatic carbocycles. The molecule has 0 bridgehead atoms. The van der Waals surface area contributed by atoms with Crippen molar-refractivity contribution in [2.45, 2.75) is 44.1 Å². The van der Waals surface area contributed by atoms with Gasteiger partial charge in [0.1, 0.15) is 24.9 Å². The van der Waals surface area contributed by atoms with Gasteiger partial charge in [0.05, 0.1) is 0 Å². The molecule has 2 rings (SSSR count). The van der Waals surface area contributed by atoms with Crippen molar-refractivity contribution in [1.82, 2.24) is 0 Å². The first kappa shape index (κ1) is 10.8. The van der Waals surface area contributed by atoms with Gasteiger partial charge in [-0.25, -0.2) is 4.79 Å². The molecule has 0 amide bonds. The van der Waals surface area contributed by atoms with Gasteiger partial charge in [0.15, 0.2) is 11.9 Å². The maximum Gasteiger partial charge on any atom is 0.338 e. The number of aliphatic hydroxyl groups is 2. The molecule has 2 aliphatic rings. The van der Waals surface area contributed by atoms with Crippen LogP contribution in [0.15, 0.2) is 0 Å². The lowest BCUT2D eigenvalue weighted by molar-refractivity contribution is -0.181. The predicted octanol–water partition coefficient (Wildman–Crippen LogP) is -1.21. The second kappa shape index (κ2) is 3.41. The summed E-state index contributed by atoms with van der Waals surface area (Å²) in [7, 11) is 0. The fourth-order valence-electron chi connectivity index (χ4n) is 1.79. The van der Waals surface area contributed by atoms with Gasteiger partial charge in [0.2, 0.25) is 0 Å². The lowest BCUT2D eigenvalue weighted by Gasteiger charge is -2.22. The molecule has 2 saturated heterocycles. The number of aliphatic hydroxyl groups excluding tert-OH is 2. The van der Waals surface area contributed by atoms with E-state index in [1.165, 1.54) is 0 Å². The van der Waals surface area contributed by atoms with Gasteiger partial charge < -0.3 is 24.4 Å². The van der Waals surface area contributed by atoms with Crippen LogP contribution < -0.4 is 0 Å². The summed E-state index contributed by atoms with van der Waals surface area (Å²) >= 11 is 0. The average Bonchev–Trinajstić information content (AvgIpc) is 2.44. The molecule has 0 aromatic rings. The average molecular weight is 218 g/mol. The Kier molecular flexibility index (Phi) is 2.46. The summed E-state index contributed by atoms with van der Waals surface area (Å²) in [5.74, 6) is -1.56. The number of fused-ring (bicyclic) bond motifs is 1. The molecule has 0 radical (unpaired) electrons. The highest BCUT2D eigenvalue weighted by molar-refractivity contribution is 5.76. The van der Waals surface area contributed by atoms with Gasteiger partial charge in [0, 0.05) is 0 Å². The summed E-state index contributed by atoms with van der Waals surface area (Å²) < 4.78 is 15.4. The van der Waals surface area contributed by atoms with Crippen molar-refractivity contribution >= 4 is 5.97 Å². The van der Waals surface area contributed by atoms with Gasteiger partial charge in [-0.3, -0.25) is 0 Å². The van der Waals surface area contributed by atoms with Crippen molar-refractivity contribution in [1.29, 1.82) is 0 Å². The third-order valence-corrected chi connectivity index (χ3v) is 2.49. The Bertz CT molecular complexity index is 276. The van der Waals surface area contributed by atoms with E-state index in [0.29, 0.717) is 0 Å². The molecule has 0 unspecified atom stereocenters. The van der Waals surface area contributed by atoms with Crippen LogP contribution in [0.4, 0.5) is 0 Å². The predicted molar refractivity (Wildman–Crippen MR) is 46.8 cm³/mol. The second-order valence-corrected chi connectivity index (χ2v) is 4.21. The lowest BCUT2D eigenvalue weighted by atomic mass is 10.1. The van der Waals surface area contributed by atoms with Gasteiger partial charge in [-0.05, 0) is 13.8 Å². The second-order valence-electron chi connectivity index (χ2n) is 4.21. The SMILES string of the molecule is CC1(C)O[C@@H]2[C@@H](O)[C@H](O)COC(=O)[C@@H]2O1. The summed E-state index contributed by atoms with van der Waals surface area (Å²) in [6.45, 7) is 3.03. The zero-order valence-electron chi connectivity index (χ0n) is 8.54. The normalized spacial score (nSPS) is 44.4. The molecule has 0 spiro atoms. The van der Waals surface area contributed by atoms with E-state index in [9.17, 15) is 15.0 Å². The van der Waals surface area contributed by atoms with E-state index in [4.69, 9.17) is 14.2 Å². The molecule has 15 heavy (non-hydrogen) atoms. The Labute approximate surface area is 86.7 Å². The van der Waals surface area contributed by atoms with Gasteiger partial charge in [-0.1, -0.05) is 0 Å². The molecule has 2 N–H and O–H groups in total. The van der Waals surface area contributed by atoms with Crippen LogP contribution in [0.2, 0.25) is 0 Å². The topological polar surface area (TPSA) is 85.2 Å². The van der Waals surface area contributed by atoms with Crippen LogP contribution in [-0.2, 0) is 19.0 Å². The number of esters is 1. The van der Waals surface area contributed by atoms with Crippen LogP contribution >= 0.6 is 0 Å². The molecule has 2 heterocycles. The minimum Gasteiger partial charge on any atom is -0.461 e. The molecule has 4 atom stereocenters. The minimum absolute atomic E-state index is 0.236. The van der Waals surface area contributed by atoms with E-state index in [2.05, 4.69) is 0 Å². The smallest absolute Gasteiger partial charge is 0.338 e. The van der Waals surface area contributed by atoms with Crippen LogP contribution in [-0.4, -0.2) is 53.0 Å². The molecular weight excluding hydrogens is 204 g/mol. The van der Waals surface area contributed by atoms with Crippen molar-refractivity contribution in [3.05, 3.63) is 0 Å². The van der Waals surface area contributed by atoms with E-state index < -0.39 is 36.2 Å². The zero-order chi connectivity index (χ0) is 11.2. The summed E-state index contributed by atoms with van der Waals surface area (Å²) in [4.78, 5) is 11.4. The number of cyclic esters (lactones) is 1. The molecule has 6 nitrogen and oxygen atoms in total. The molecule has 0 aliphatic carbocycles. The molecule has 2 aliphatic heterocycles. The van der Waals surface area contributed by atoms with Gasteiger partial charge in [0.25, 0.3) is 0 Å². The van der Waals surface area contributed by atoms with Gasteiger partial charge in [-0.15, -0.1) is 0 Å². The maximum atomic E-state index is 11.4. The van der Waals surface area contributed by atoms with E-state index >= 15 is 0 Å².